The fourth-order valence-electron chi connectivity index (χ4n) is 2.35. The lowest BCUT2D eigenvalue weighted by Crippen LogP contribution is -2.38. The molecule has 1 N–H and O–H groups in total. The van der Waals surface area contributed by atoms with Crippen LogP contribution < -0.4 is 14.8 Å². The molecule has 1 unspecified atom stereocenters. The van der Waals surface area contributed by atoms with Gasteiger partial charge in [0.05, 0.1) is 0 Å². The minimum atomic E-state index is 0.335. The third-order valence-corrected chi connectivity index (χ3v) is 3.55. The zero-order valence-electron chi connectivity index (χ0n) is 12.1. The lowest BCUT2D eigenvalue weighted by atomic mass is 10.1. The zero-order valence-corrected chi connectivity index (χ0v) is 12.1. The Hall–Kier alpha value is -1.26. The monoisotopic (exact) mass is 264 g/mol. The highest BCUT2D eigenvalue weighted by molar-refractivity contribution is 5.48. The molecule has 0 aliphatic carbocycles. The zero-order chi connectivity index (χ0) is 13.7. The maximum atomic E-state index is 5.51. The Morgan fingerprint density at radius 2 is 2.05 bits per heavy atom. The summed E-state index contributed by atoms with van der Waals surface area (Å²) in [6, 6.07) is 6.51. The molecule has 1 aliphatic rings. The number of ether oxygens (including phenoxy) is 2. The Morgan fingerprint density at radius 3 is 2.79 bits per heavy atom. The molecule has 0 fully saturated rings. The number of rotatable bonds is 7. The van der Waals surface area contributed by atoms with E-state index in [0.29, 0.717) is 12.8 Å². The number of fused-ring (bicyclic) bond motifs is 1. The largest absolute Gasteiger partial charge is 0.454 e. The summed E-state index contributed by atoms with van der Waals surface area (Å²) in [5, 5.41) is 3.55. The van der Waals surface area contributed by atoms with E-state index in [0.717, 1.165) is 37.7 Å². The Kier molecular flexibility index (Phi) is 5.05. The number of para-hydroxylation sites is 1. The van der Waals surface area contributed by atoms with Crippen LogP contribution in [-0.2, 0) is 6.54 Å². The summed E-state index contributed by atoms with van der Waals surface area (Å²) in [5.74, 6) is 1.75. The molecule has 1 atom stereocenters. The first-order valence-corrected chi connectivity index (χ1v) is 7.07. The average molecular weight is 264 g/mol. The first kappa shape index (κ1) is 14.2. The summed E-state index contributed by atoms with van der Waals surface area (Å²) in [5.41, 5.74) is 1.17. The minimum absolute atomic E-state index is 0.335. The van der Waals surface area contributed by atoms with Crippen molar-refractivity contribution in [2.24, 2.45) is 0 Å². The van der Waals surface area contributed by atoms with E-state index in [1.165, 1.54) is 5.56 Å². The number of likely N-dealkylation sites (N-methyl/N-ethyl adjacent to an activating group) is 1. The van der Waals surface area contributed by atoms with Gasteiger partial charge in [0.1, 0.15) is 0 Å². The average Bonchev–Trinajstić information content (AvgIpc) is 2.91. The second kappa shape index (κ2) is 6.78. The quantitative estimate of drug-likeness (QED) is 0.819. The van der Waals surface area contributed by atoms with Crippen LogP contribution in [0.2, 0.25) is 0 Å². The van der Waals surface area contributed by atoms with Gasteiger partial charge >= 0.3 is 0 Å². The molecule has 0 radical (unpaired) electrons. The molecule has 1 heterocycles. The van der Waals surface area contributed by atoms with Crippen LogP contribution in [0.15, 0.2) is 18.2 Å². The molecule has 106 valence electrons. The van der Waals surface area contributed by atoms with E-state index in [1.807, 2.05) is 12.1 Å². The normalized spacial score (nSPS) is 14.9. The van der Waals surface area contributed by atoms with E-state index in [1.54, 1.807) is 0 Å². The van der Waals surface area contributed by atoms with Crippen molar-refractivity contribution >= 4 is 0 Å². The molecular formula is C15H24N2O2. The molecule has 0 saturated carbocycles. The molecular weight excluding hydrogens is 240 g/mol. The van der Waals surface area contributed by atoms with Crippen LogP contribution in [0.3, 0.4) is 0 Å². The van der Waals surface area contributed by atoms with Crippen molar-refractivity contribution in [1.29, 1.82) is 0 Å². The molecule has 0 aromatic heterocycles. The van der Waals surface area contributed by atoms with Gasteiger partial charge in [-0.3, -0.25) is 0 Å². The standard InChI is InChI=1S/C15H24N2O2/c1-4-17(5-2)10-12(3)16-9-13-7-6-8-14-15(13)19-11-18-14/h6-8,12,16H,4-5,9-11H2,1-3H3. The Bertz CT molecular complexity index is 405. The van der Waals surface area contributed by atoms with Crippen molar-refractivity contribution < 1.29 is 9.47 Å². The second-order valence-corrected chi connectivity index (χ2v) is 4.92. The van der Waals surface area contributed by atoms with Gasteiger partial charge in [-0.1, -0.05) is 26.0 Å². The minimum Gasteiger partial charge on any atom is -0.454 e. The number of nitrogens with zero attached hydrogens (tertiary/aromatic N) is 1. The first-order valence-electron chi connectivity index (χ1n) is 7.07. The molecule has 0 saturated heterocycles. The predicted molar refractivity (Wildman–Crippen MR) is 76.7 cm³/mol. The SMILES string of the molecule is CCN(CC)CC(C)NCc1cccc2c1OCO2. The summed E-state index contributed by atoms with van der Waals surface area (Å²) in [6.45, 7) is 11.0. The summed E-state index contributed by atoms with van der Waals surface area (Å²) >= 11 is 0. The summed E-state index contributed by atoms with van der Waals surface area (Å²) in [7, 11) is 0. The van der Waals surface area contributed by atoms with Crippen molar-refractivity contribution in [2.75, 3.05) is 26.4 Å². The van der Waals surface area contributed by atoms with E-state index < -0.39 is 0 Å². The maximum absolute atomic E-state index is 5.51. The highest BCUT2D eigenvalue weighted by atomic mass is 16.7. The van der Waals surface area contributed by atoms with E-state index in [2.05, 4.69) is 37.1 Å². The smallest absolute Gasteiger partial charge is 0.231 e. The number of hydrogen-bond acceptors (Lipinski definition) is 4. The van der Waals surface area contributed by atoms with Crippen molar-refractivity contribution in [1.82, 2.24) is 10.2 Å². The molecule has 1 aromatic carbocycles. The molecule has 1 aromatic rings. The molecule has 0 spiro atoms. The van der Waals surface area contributed by atoms with Crippen LogP contribution in [0.4, 0.5) is 0 Å². The van der Waals surface area contributed by atoms with Crippen molar-refractivity contribution in [2.45, 2.75) is 33.4 Å². The highest BCUT2D eigenvalue weighted by Gasteiger charge is 2.17. The summed E-state index contributed by atoms with van der Waals surface area (Å²) in [4.78, 5) is 2.42. The van der Waals surface area contributed by atoms with Crippen molar-refractivity contribution in [3.63, 3.8) is 0 Å². The predicted octanol–water partition coefficient (Wildman–Crippen LogP) is 2.24. The lowest BCUT2D eigenvalue weighted by Gasteiger charge is -2.23. The van der Waals surface area contributed by atoms with Gasteiger partial charge in [-0.15, -0.1) is 0 Å². The van der Waals surface area contributed by atoms with E-state index in [9.17, 15) is 0 Å². The molecule has 2 rings (SSSR count). The van der Waals surface area contributed by atoms with Gasteiger partial charge in [0.15, 0.2) is 11.5 Å². The van der Waals surface area contributed by atoms with Gasteiger partial charge < -0.3 is 19.7 Å². The fraction of sp³-hybridized carbons (Fsp3) is 0.600. The second-order valence-electron chi connectivity index (χ2n) is 4.92. The molecule has 4 nitrogen and oxygen atoms in total. The topological polar surface area (TPSA) is 33.7 Å². The number of hydrogen-bond donors (Lipinski definition) is 1. The Balaban J connectivity index is 1.87. The van der Waals surface area contributed by atoms with E-state index in [-0.39, 0.29) is 0 Å². The van der Waals surface area contributed by atoms with E-state index in [4.69, 9.17) is 9.47 Å². The van der Waals surface area contributed by atoms with E-state index >= 15 is 0 Å². The summed E-state index contributed by atoms with van der Waals surface area (Å²) in [6.07, 6.45) is 0. The van der Waals surface area contributed by atoms with Crippen LogP contribution >= 0.6 is 0 Å². The van der Waals surface area contributed by atoms with Gasteiger partial charge in [0.25, 0.3) is 0 Å². The molecule has 1 aliphatic heterocycles. The van der Waals surface area contributed by atoms with Gasteiger partial charge in [0.2, 0.25) is 6.79 Å². The van der Waals surface area contributed by atoms with Crippen LogP contribution in [0.1, 0.15) is 26.3 Å². The molecule has 0 amide bonds. The summed E-state index contributed by atoms with van der Waals surface area (Å²) < 4.78 is 10.9. The highest BCUT2D eigenvalue weighted by Crippen LogP contribution is 2.35. The molecule has 0 bridgehead atoms. The number of nitrogens with one attached hydrogen (secondary N) is 1. The third kappa shape index (κ3) is 3.61. The fourth-order valence-corrected chi connectivity index (χ4v) is 2.35. The molecule has 4 heteroatoms. The van der Waals surface area contributed by atoms with Crippen molar-refractivity contribution in [3.8, 4) is 11.5 Å². The number of benzene rings is 1. The van der Waals surface area contributed by atoms with Gasteiger partial charge in [-0.2, -0.15) is 0 Å². The van der Waals surface area contributed by atoms with Crippen LogP contribution in [0.5, 0.6) is 11.5 Å². The van der Waals surface area contributed by atoms with Crippen LogP contribution in [-0.4, -0.2) is 37.4 Å². The Morgan fingerprint density at radius 1 is 1.26 bits per heavy atom. The molecule has 19 heavy (non-hydrogen) atoms. The van der Waals surface area contributed by atoms with Gasteiger partial charge in [-0.05, 0) is 26.1 Å². The maximum Gasteiger partial charge on any atom is 0.231 e. The van der Waals surface area contributed by atoms with Crippen molar-refractivity contribution in [3.05, 3.63) is 23.8 Å². The van der Waals surface area contributed by atoms with Crippen LogP contribution in [0, 0.1) is 0 Å². The third-order valence-electron chi connectivity index (χ3n) is 3.55. The lowest BCUT2D eigenvalue weighted by molar-refractivity contribution is 0.173. The van der Waals surface area contributed by atoms with Crippen LogP contribution in [0.25, 0.3) is 0 Å². The first-order chi connectivity index (χ1) is 9.24. The van der Waals surface area contributed by atoms with Gasteiger partial charge in [-0.25, -0.2) is 0 Å². The van der Waals surface area contributed by atoms with Gasteiger partial charge in [0, 0.05) is 24.7 Å². The Labute approximate surface area is 115 Å².